The van der Waals surface area contributed by atoms with Gasteiger partial charge in [-0.3, -0.25) is 4.79 Å². The Kier molecular flexibility index (Phi) is 6.90. The van der Waals surface area contributed by atoms with Gasteiger partial charge in [0.1, 0.15) is 30.5 Å². The van der Waals surface area contributed by atoms with Crippen molar-refractivity contribution in [2.75, 3.05) is 6.61 Å². The SMILES string of the molecule is C=C[C@]1(C)CCC2=C([C@@H](O[C@@H]3O[C@H](CO)[C@@H](O)[C@H](O)[C@H]3O)C(=O)[C@@H]3C(C)(C)CC[C@H](O)[C@]23C)[C@H]1O. The Bertz CT molecular complexity index is 897. The summed E-state index contributed by atoms with van der Waals surface area (Å²) in [6, 6.07) is 0. The van der Waals surface area contributed by atoms with E-state index in [1.165, 1.54) is 0 Å². The fourth-order valence-electron chi connectivity index (χ4n) is 7.06. The predicted molar refractivity (Wildman–Crippen MR) is 125 cm³/mol. The Morgan fingerprint density at radius 1 is 1.06 bits per heavy atom. The molecule has 0 spiro atoms. The summed E-state index contributed by atoms with van der Waals surface area (Å²) in [7, 11) is 0. The second-order valence-electron chi connectivity index (χ2n) is 11.9. The molecule has 0 bridgehead atoms. The molecule has 1 heterocycles. The molecule has 4 rings (SSSR count). The minimum absolute atomic E-state index is 0.334. The van der Waals surface area contributed by atoms with Gasteiger partial charge in [-0.1, -0.05) is 39.3 Å². The average Bonchev–Trinajstić information content (AvgIpc) is 2.81. The third kappa shape index (κ3) is 3.87. The first kappa shape index (κ1) is 26.9. The number of aliphatic hydroxyl groups is 6. The normalized spacial score (nSPS) is 49.9. The lowest BCUT2D eigenvalue weighted by Gasteiger charge is -2.60. The van der Waals surface area contributed by atoms with E-state index >= 15 is 0 Å². The van der Waals surface area contributed by atoms with Crippen molar-refractivity contribution in [3.8, 4) is 0 Å². The van der Waals surface area contributed by atoms with Crippen molar-refractivity contribution in [1.82, 2.24) is 0 Å². The predicted octanol–water partition coefficient (Wildman–Crippen LogP) is 0.201. The molecule has 0 aromatic rings. The van der Waals surface area contributed by atoms with Crippen molar-refractivity contribution in [2.24, 2.45) is 22.2 Å². The molecule has 3 aliphatic carbocycles. The molecule has 4 aliphatic rings. The molecule has 1 saturated carbocycles. The Morgan fingerprint density at radius 2 is 1.71 bits per heavy atom. The van der Waals surface area contributed by atoms with Crippen LogP contribution in [0.4, 0.5) is 0 Å². The van der Waals surface area contributed by atoms with Crippen LogP contribution < -0.4 is 0 Å². The van der Waals surface area contributed by atoms with Gasteiger partial charge in [-0.2, -0.15) is 0 Å². The second-order valence-corrected chi connectivity index (χ2v) is 11.9. The van der Waals surface area contributed by atoms with E-state index in [9.17, 15) is 35.4 Å². The first-order valence-electron chi connectivity index (χ1n) is 12.5. The summed E-state index contributed by atoms with van der Waals surface area (Å²) in [6.07, 6.45) is -6.93. The lowest BCUT2D eigenvalue weighted by Crippen LogP contribution is -2.65. The van der Waals surface area contributed by atoms with E-state index in [1.54, 1.807) is 6.08 Å². The molecule has 11 atom stereocenters. The van der Waals surface area contributed by atoms with Gasteiger partial charge >= 0.3 is 0 Å². The third-order valence-corrected chi connectivity index (χ3v) is 9.38. The average molecular weight is 497 g/mol. The number of rotatable bonds is 4. The molecular weight excluding hydrogens is 456 g/mol. The second kappa shape index (κ2) is 8.99. The number of carbonyl (C=O) groups excluding carboxylic acids is 1. The van der Waals surface area contributed by atoms with E-state index in [4.69, 9.17) is 9.47 Å². The molecule has 0 amide bonds. The Labute approximate surface area is 206 Å². The maximum atomic E-state index is 14.2. The van der Waals surface area contributed by atoms with Crippen LogP contribution in [0.1, 0.15) is 53.4 Å². The lowest BCUT2D eigenvalue weighted by molar-refractivity contribution is -0.308. The summed E-state index contributed by atoms with van der Waals surface area (Å²) >= 11 is 0. The van der Waals surface area contributed by atoms with Crippen molar-refractivity contribution < 1.29 is 44.9 Å². The number of fused-ring (bicyclic) bond motifs is 2. The summed E-state index contributed by atoms with van der Waals surface area (Å²) < 4.78 is 11.6. The van der Waals surface area contributed by atoms with Crippen LogP contribution >= 0.6 is 0 Å². The summed E-state index contributed by atoms with van der Waals surface area (Å²) in [5, 5.41) is 63.3. The van der Waals surface area contributed by atoms with Gasteiger partial charge in [0.2, 0.25) is 0 Å². The van der Waals surface area contributed by atoms with Crippen molar-refractivity contribution >= 4 is 5.78 Å². The topological polar surface area (TPSA) is 157 Å². The van der Waals surface area contributed by atoms with Gasteiger partial charge in [0.05, 0.1) is 18.8 Å². The largest absolute Gasteiger partial charge is 0.394 e. The van der Waals surface area contributed by atoms with Crippen LogP contribution in [0.2, 0.25) is 0 Å². The number of carbonyl (C=O) groups is 1. The molecule has 0 unspecified atom stereocenters. The Morgan fingerprint density at radius 3 is 2.31 bits per heavy atom. The van der Waals surface area contributed by atoms with Crippen molar-refractivity contribution in [3.05, 3.63) is 23.8 Å². The van der Waals surface area contributed by atoms with Gasteiger partial charge < -0.3 is 40.1 Å². The van der Waals surface area contributed by atoms with E-state index in [2.05, 4.69) is 6.58 Å². The Balaban J connectivity index is 1.84. The number of ketones is 1. The van der Waals surface area contributed by atoms with Crippen LogP contribution in [0.3, 0.4) is 0 Å². The highest BCUT2D eigenvalue weighted by atomic mass is 16.7. The molecule has 2 fully saturated rings. The lowest BCUT2D eigenvalue weighted by atomic mass is 9.46. The number of hydrogen-bond acceptors (Lipinski definition) is 9. The van der Waals surface area contributed by atoms with E-state index in [-0.39, 0.29) is 5.78 Å². The third-order valence-electron chi connectivity index (χ3n) is 9.38. The van der Waals surface area contributed by atoms with Gasteiger partial charge in [0.15, 0.2) is 12.1 Å². The monoisotopic (exact) mass is 496 g/mol. The van der Waals surface area contributed by atoms with Crippen LogP contribution in [0, 0.1) is 22.2 Å². The van der Waals surface area contributed by atoms with E-state index in [1.807, 2.05) is 27.7 Å². The zero-order chi connectivity index (χ0) is 26.1. The van der Waals surface area contributed by atoms with Crippen molar-refractivity contribution in [1.29, 1.82) is 0 Å². The standard InChI is InChI=1S/C26H40O9/c1-6-25(4)10-7-12-15(22(25)33)20(35-23-18(31)17(30)16(29)13(11-27)34-23)19(32)21-24(2,3)9-8-14(28)26(12,21)5/h6,13-14,16-18,20-23,27-31,33H,1,7-11H2,2-5H3/t13-,14+,16-,17+,18-,20-,21-,22-,23+,25-,26+/m1/s1. The molecular formula is C26H40O9. The smallest absolute Gasteiger partial charge is 0.187 e. The first-order valence-corrected chi connectivity index (χ1v) is 12.5. The van der Waals surface area contributed by atoms with Gasteiger partial charge in [-0.25, -0.2) is 0 Å². The molecule has 6 N–H and O–H groups in total. The molecule has 0 aromatic heterocycles. The van der Waals surface area contributed by atoms with E-state index in [0.717, 1.165) is 5.57 Å². The fourth-order valence-corrected chi connectivity index (χ4v) is 7.06. The quantitative estimate of drug-likeness (QED) is 0.299. The summed E-state index contributed by atoms with van der Waals surface area (Å²) in [6.45, 7) is 11.0. The van der Waals surface area contributed by atoms with Crippen LogP contribution in [-0.2, 0) is 14.3 Å². The zero-order valence-corrected chi connectivity index (χ0v) is 20.9. The highest BCUT2D eigenvalue weighted by Gasteiger charge is 2.64. The number of hydrogen-bond donors (Lipinski definition) is 6. The molecule has 1 aliphatic heterocycles. The minimum Gasteiger partial charge on any atom is -0.394 e. The first-order chi connectivity index (χ1) is 16.2. The highest BCUT2D eigenvalue weighted by Crippen LogP contribution is 2.62. The molecule has 198 valence electrons. The zero-order valence-electron chi connectivity index (χ0n) is 20.9. The number of Topliss-reactive ketones (excluding diaryl/α,β-unsaturated/α-hetero) is 1. The molecule has 0 radical (unpaired) electrons. The summed E-state index contributed by atoms with van der Waals surface area (Å²) in [4.78, 5) is 14.2. The Hall–Kier alpha value is -1.17. The molecule has 9 nitrogen and oxygen atoms in total. The van der Waals surface area contributed by atoms with Crippen LogP contribution in [0.25, 0.3) is 0 Å². The van der Waals surface area contributed by atoms with Gasteiger partial charge in [-0.05, 0) is 36.7 Å². The summed E-state index contributed by atoms with van der Waals surface area (Å²) in [5.41, 5.74) is -0.980. The van der Waals surface area contributed by atoms with Crippen molar-refractivity contribution in [3.63, 3.8) is 0 Å². The molecule has 1 saturated heterocycles. The van der Waals surface area contributed by atoms with Crippen LogP contribution in [-0.4, -0.2) is 92.0 Å². The minimum atomic E-state index is -1.69. The maximum Gasteiger partial charge on any atom is 0.187 e. The van der Waals surface area contributed by atoms with E-state index < -0.39 is 77.8 Å². The molecule has 9 heteroatoms. The highest BCUT2D eigenvalue weighted by molar-refractivity contribution is 5.92. The fraction of sp³-hybridized carbons (Fsp3) is 0.808. The van der Waals surface area contributed by atoms with Gasteiger partial charge in [0, 0.05) is 16.7 Å². The number of ether oxygens (including phenoxy) is 2. The summed E-state index contributed by atoms with van der Waals surface area (Å²) in [5.74, 6) is -0.952. The van der Waals surface area contributed by atoms with Gasteiger partial charge in [-0.15, -0.1) is 6.58 Å². The van der Waals surface area contributed by atoms with Crippen LogP contribution in [0.15, 0.2) is 23.8 Å². The van der Waals surface area contributed by atoms with E-state index in [0.29, 0.717) is 31.3 Å². The van der Waals surface area contributed by atoms with Gasteiger partial charge in [0.25, 0.3) is 0 Å². The maximum absolute atomic E-state index is 14.2. The molecule has 35 heavy (non-hydrogen) atoms. The van der Waals surface area contributed by atoms with Crippen LogP contribution in [0.5, 0.6) is 0 Å². The molecule has 0 aromatic carbocycles. The number of aliphatic hydroxyl groups excluding tert-OH is 6. The van der Waals surface area contributed by atoms with Crippen molar-refractivity contribution in [2.45, 2.75) is 102 Å².